The minimum absolute atomic E-state index is 0.259. The molecule has 0 atom stereocenters. The van der Waals surface area contributed by atoms with Crippen LogP contribution in [0.1, 0.15) is 11.3 Å². The van der Waals surface area contributed by atoms with E-state index in [4.69, 9.17) is 15.0 Å². The first-order valence-corrected chi connectivity index (χ1v) is 6.52. The highest BCUT2D eigenvalue weighted by molar-refractivity contribution is 5.90. The van der Waals surface area contributed by atoms with E-state index in [1.807, 2.05) is 32.0 Å². The second-order valence-electron chi connectivity index (χ2n) is 4.88. The third-order valence-corrected chi connectivity index (χ3v) is 3.43. The number of benzene rings is 1. The maximum Gasteiger partial charge on any atom is 0.230 e. The minimum Gasteiger partial charge on any atom is -0.496 e. The van der Waals surface area contributed by atoms with Gasteiger partial charge in [0.05, 0.1) is 18.9 Å². The number of rotatable bonds is 3. The van der Waals surface area contributed by atoms with Crippen LogP contribution in [0.25, 0.3) is 22.4 Å². The molecule has 2 aromatic heterocycles. The maximum absolute atomic E-state index is 5.99. The first-order valence-electron chi connectivity index (χ1n) is 6.52. The van der Waals surface area contributed by atoms with E-state index >= 15 is 0 Å². The Labute approximate surface area is 121 Å². The zero-order valence-electron chi connectivity index (χ0n) is 12.1. The van der Waals surface area contributed by atoms with Crippen molar-refractivity contribution in [2.24, 2.45) is 0 Å². The van der Waals surface area contributed by atoms with Gasteiger partial charge >= 0.3 is 0 Å². The Morgan fingerprint density at radius 3 is 2.71 bits per heavy atom. The molecule has 6 heteroatoms. The summed E-state index contributed by atoms with van der Waals surface area (Å²) in [5.41, 5.74) is 11.1. The monoisotopic (exact) mass is 284 g/mol. The van der Waals surface area contributed by atoms with Crippen LogP contribution in [0.15, 0.2) is 28.9 Å². The molecular formula is C15H16N4O2. The van der Waals surface area contributed by atoms with E-state index in [0.29, 0.717) is 5.69 Å². The first kappa shape index (κ1) is 13.2. The average Bonchev–Trinajstić information content (AvgIpc) is 3.04. The van der Waals surface area contributed by atoms with Crippen LogP contribution in [-0.2, 0) is 0 Å². The lowest BCUT2D eigenvalue weighted by molar-refractivity contribution is 0.416. The van der Waals surface area contributed by atoms with Crippen molar-refractivity contribution in [1.82, 2.24) is 15.4 Å². The summed E-state index contributed by atoms with van der Waals surface area (Å²) in [4.78, 5) is 0. The summed E-state index contributed by atoms with van der Waals surface area (Å²) in [7, 11) is 1.63. The third kappa shape index (κ3) is 2.14. The fraction of sp³-hybridized carbons (Fsp3) is 0.200. The van der Waals surface area contributed by atoms with Crippen LogP contribution in [0.2, 0.25) is 0 Å². The van der Waals surface area contributed by atoms with Gasteiger partial charge in [0.25, 0.3) is 0 Å². The van der Waals surface area contributed by atoms with Gasteiger partial charge in [0.1, 0.15) is 11.4 Å². The lowest BCUT2D eigenvalue weighted by Gasteiger charge is -2.09. The number of anilines is 1. The van der Waals surface area contributed by atoms with Crippen LogP contribution in [0, 0.1) is 13.8 Å². The highest BCUT2D eigenvalue weighted by atomic mass is 16.5. The predicted molar refractivity (Wildman–Crippen MR) is 80.0 cm³/mol. The number of H-pyrrole nitrogens is 1. The molecule has 0 saturated carbocycles. The van der Waals surface area contributed by atoms with Crippen LogP contribution in [0.4, 0.5) is 5.88 Å². The van der Waals surface area contributed by atoms with Gasteiger partial charge in [-0.15, -0.1) is 0 Å². The number of nitrogens with zero attached hydrogens (tertiary/aromatic N) is 2. The molecule has 0 unspecified atom stereocenters. The molecule has 0 amide bonds. The van der Waals surface area contributed by atoms with Gasteiger partial charge in [-0.1, -0.05) is 16.8 Å². The van der Waals surface area contributed by atoms with Crippen molar-refractivity contribution in [3.8, 4) is 28.1 Å². The molecule has 2 heterocycles. The van der Waals surface area contributed by atoms with E-state index in [9.17, 15) is 0 Å². The fourth-order valence-electron chi connectivity index (χ4n) is 2.35. The molecule has 3 rings (SSSR count). The molecule has 0 aliphatic rings. The highest BCUT2D eigenvalue weighted by Gasteiger charge is 2.22. The van der Waals surface area contributed by atoms with Crippen LogP contribution in [0.5, 0.6) is 5.75 Å². The van der Waals surface area contributed by atoms with Gasteiger partial charge < -0.3 is 15.0 Å². The number of nitrogens with two attached hydrogens (primary N) is 1. The van der Waals surface area contributed by atoms with Gasteiger partial charge in [0.15, 0.2) is 0 Å². The van der Waals surface area contributed by atoms with Crippen molar-refractivity contribution in [2.45, 2.75) is 13.8 Å². The first-order chi connectivity index (χ1) is 10.1. The standard InChI is InChI=1S/C15H16N4O2/c1-8-4-5-12(20-3)10(6-8)13-14(19-21-15(13)16)11-7-17-18-9(11)2/h4-7H,16H2,1-3H3,(H,17,18). The molecule has 1 aromatic carbocycles. The Bertz CT molecular complexity index is 789. The molecule has 108 valence electrons. The summed E-state index contributed by atoms with van der Waals surface area (Å²) in [5, 5.41) is 11.0. The summed E-state index contributed by atoms with van der Waals surface area (Å²) in [6, 6.07) is 5.89. The molecule has 0 fully saturated rings. The van der Waals surface area contributed by atoms with Crippen molar-refractivity contribution in [3.05, 3.63) is 35.7 Å². The van der Waals surface area contributed by atoms with Gasteiger partial charge in [-0.2, -0.15) is 5.10 Å². The van der Waals surface area contributed by atoms with Crippen molar-refractivity contribution in [3.63, 3.8) is 0 Å². The molecule has 0 aliphatic heterocycles. The average molecular weight is 284 g/mol. The number of aromatic nitrogens is 3. The number of nitrogen functional groups attached to an aromatic ring is 1. The minimum atomic E-state index is 0.259. The van der Waals surface area contributed by atoms with Crippen molar-refractivity contribution < 1.29 is 9.26 Å². The number of nitrogens with one attached hydrogen (secondary N) is 1. The van der Waals surface area contributed by atoms with Crippen LogP contribution in [0.3, 0.4) is 0 Å². The van der Waals surface area contributed by atoms with Crippen molar-refractivity contribution in [2.75, 3.05) is 12.8 Å². The molecule has 3 aromatic rings. The summed E-state index contributed by atoms with van der Waals surface area (Å²) < 4.78 is 10.6. The molecule has 0 saturated heterocycles. The SMILES string of the molecule is COc1ccc(C)cc1-c1c(-c2cn[nH]c2C)noc1N. The van der Waals surface area contributed by atoms with Crippen LogP contribution < -0.4 is 10.5 Å². The van der Waals surface area contributed by atoms with Gasteiger partial charge in [0.2, 0.25) is 5.88 Å². The lowest BCUT2D eigenvalue weighted by atomic mass is 9.99. The number of aryl methyl sites for hydroxylation is 2. The molecule has 0 bridgehead atoms. The second kappa shape index (κ2) is 4.97. The Morgan fingerprint density at radius 1 is 1.24 bits per heavy atom. The van der Waals surface area contributed by atoms with E-state index in [0.717, 1.165) is 33.7 Å². The lowest BCUT2D eigenvalue weighted by Crippen LogP contribution is -1.93. The van der Waals surface area contributed by atoms with E-state index < -0.39 is 0 Å². The normalized spacial score (nSPS) is 10.8. The number of hydrogen-bond acceptors (Lipinski definition) is 5. The molecule has 21 heavy (non-hydrogen) atoms. The largest absolute Gasteiger partial charge is 0.496 e. The van der Waals surface area contributed by atoms with Crippen LogP contribution >= 0.6 is 0 Å². The summed E-state index contributed by atoms with van der Waals surface area (Å²) in [6.45, 7) is 3.93. The van der Waals surface area contributed by atoms with Crippen molar-refractivity contribution >= 4 is 5.88 Å². The van der Waals surface area contributed by atoms with E-state index in [2.05, 4.69) is 15.4 Å². The molecule has 0 radical (unpaired) electrons. The Morgan fingerprint density at radius 2 is 2.05 bits per heavy atom. The molecular weight excluding hydrogens is 268 g/mol. The number of hydrogen-bond donors (Lipinski definition) is 2. The quantitative estimate of drug-likeness (QED) is 0.771. The summed E-state index contributed by atoms with van der Waals surface area (Å²) >= 11 is 0. The van der Waals surface area contributed by atoms with Gasteiger partial charge in [-0.3, -0.25) is 5.10 Å². The zero-order chi connectivity index (χ0) is 15.0. The fourth-order valence-corrected chi connectivity index (χ4v) is 2.35. The third-order valence-electron chi connectivity index (χ3n) is 3.43. The maximum atomic E-state index is 5.99. The van der Waals surface area contributed by atoms with E-state index in [1.54, 1.807) is 13.3 Å². The van der Waals surface area contributed by atoms with Gasteiger partial charge in [-0.25, -0.2) is 0 Å². The van der Waals surface area contributed by atoms with E-state index in [-0.39, 0.29) is 5.88 Å². The Hall–Kier alpha value is -2.76. The van der Waals surface area contributed by atoms with E-state index in [1.165, 1.54) is 0 Å². The zero-order valence-corrected chi connectivity index (χ0v) is 12.1. The second-order valence-corrected chi connectivity index (χ2v) is 4.88. The smallest absolute Gasteiger partial charge is 0.230 e. The number of ether oxygens (including phenoxy) is 1. The molecule has 0 spiro atoms. The summed E-state index contributed by atoms with van der Waals surface area (Å²) in [6.07, 6.45) is 1.71. The van der Waals surface area contributed by atoms with Gasteiger partial charge in [-0.05, 0) is 26.0 Å². The molecule has 0 aliphatic carbocycles. The molecule has 3 N–H and O–H groups in total. The van der Waals surface area contributed by atoms with Crippen molar-refractivity contribution in [1.29, 1.82) is 0 Å². The number of aromatic amines is 1. The highest BCUT2D eigenvalue weighted by Crippen LogP contribution is 2.41. The van der Waals surface area contributed by atoms with Gasteiger partial charge in [0, 0.05) is 16.8 Å². The predicted octanol–water partition coefficient (Wildman–Crippen LogP) is 2.94. The number of methoxy groups -OCH3 is 1. The van der Waals surface area contributed by atoms with Crippen LogP contribution in [-0.4, -0.2) is 22.5 Å². The Balaban J connectivity index is 2.27. The summed E-state index contributed by atoms with van der Waals surface area (Å²) in [5.74, 6) is 0.979. The Kier molecular flexibility index (Phi) is 3.13. The topological polar surface area (TPSA) is 90.0 Å². The molecule has 6 nitrogen and oxygen atoms in total.